The zero-order valence-electron chi connectivity index (χ0n) is 6.97. The second-order valence-corrected chi connectivity index (χ2v) is 9.65. The predicted molar refractivity (Wildman–Crippen MR) is 62.1 cm³/mol. The first-order chi connectivity index (χ1) is 5.67. The van der Waals surface area contributed by atoms with Crippen molar-refractivity contribution in [2.24, 2.45) is 11.8 Å². The van der Waals surface area contributed by atoms with Crippen LogP contribution < -0.4 is 0 Å². The van der Waals surface area contributed by atoms with E-state index in [1.54, 1.807) is 12.3 Å². The molecular weight excluding hydrogens is 299 g/mol. The average Bonchev–Trinajstić information content (AvgIpc) is 1.98. The highest BCUT2D eigenvalue weighted by Gasteiger charge is 2.54. The summed E-state index contributed by atoms with van der Waals surface area (Å²) in [6.07, 6.45) is 7.61. The molecule has 4 rings (SSSR count). The first-order valence-corrected chi connectivity index (χ1v) is 8.33. The topological polar surface area (TPSA) is 0 Å². The molecule has 5 unspecified atom stereocenters. The molecule has 0 aromatic rings. The van der Waals surface area contributed by atoms with Crippen LogP contribution in [0.5, 0.6) is 0 Å². The van der Waals surface area contributed by atoms with Gasteiger partial charge < -0.3 is 0 Å². The van der Waals surface area contributed by atoms with Crippen molar-refractivity contribution in [1.82, 2.24) is 0 Å². The number of rotatable bonds is 0. The fourth-order valence-electron chi connectivity index (χ4n) is 3.38. The molecule has 3 heteroatoms. The zero-order chi connectivity index (χ0) is 8.34. The fraction of sp³-hybridized carbons (Fsp3) is 1.00. The van der Waals surface area contributed by atoms with Crippen LogP contribution in [0.2, 0.25) is 0 Å². The predicted octanol–water partition coefficient (Wildman–Crippen LogP) is 3.42. The summed E-state index contributed by atoms with van der Waals surface area (Å²) in [6, 6.07) is 0. The summed E-state index contributed by atoms with van der Waals surface area (Å²) in [7, 11) is 0.436. The summed E-state index contributed by atoms with van der Waals surface area (Å²) >= 11 is 7.89. The lowest BCUT2D eigenvalue weighted by molar-refractivity contribution is 0.253. The normalized spacial score (nSPS) is 62.5. The molecule has 4 aliphatic rings. The van der Waals surface area contributed by atoms with Gasteiger partial charge in [0.15, 0.2) is 0 Å². The monoisotopic (exact) mass is 310 g/mol. The van der Waals surface area contributed by atoms with Crippen LogP contribution in [0.3, 0.4) is 0 Å². The minimum Gasteiger partial charge on any atom is -0.105 e. The molecule has 0 aromatic carbocycles. The van der Waals surface area contributed by atoms with Crippen LogP contribution in [0, 0.1) is 11.8 Å². The highest BCUT2D eigenvalue weighted by Crippen LogP contribution is 2.65. The van der Waals surface area contributed by atoms with Gasteiger partial charge in [0, 0.05) is 9.15 Å². The van der Waals surface area contributed by atoms with Crippen LogP contribution in [0.25, 0.3) is 0 Å². The van der Waals surface area contributed by atoms with E-state index in [0.29, 0.717) is 12.2 Å². The molecule has 3 saturated heterocycles. The minimum atomic E-state index is 0.436. The first kappa shape index (κ1) is 8.68. The largest absolute Gasteiger partial charge is 0.105 e. The summed E-state index contributed by atoms with van der Waals surface area (Å²) in [5.74, 6) is 2.09. The number of hydrogen-bond acceptors (Lipinski definition) is 0. The van der Waals surface area contributed by atoms with E-state index in [1.165, 1.54) is 19.0 Å². The Morgan fingerprint density at radius 1 is 1.33 bits per heavy atom. The highest BCUT2D eigenvalue weighted by molar-refractivity contribution is 9.12. The van der Waals surface area contributed by atoms with Crippen molar-refractivity contribution in [3.05, 3.63) is 0 Å². The summed E-state index contributed by atoms with van der Waals surface area (Å²) < 4.78 is 0.517. The molecule has 1 saturated carbocycles. The Hall–Kier alpha value is 1.39. The van der Waals surface area contributed by atoms with Gasteiger partial charge in [-0.1, -0.05) is 31.9 Å². The minimum absolute atomic E-state index is 0.436. The maximum absolute atomic E-state index is 3.99. The van der Waals surface area contributed by atoms with Crippen LogP contribution in [-0.4, -0.2) is 27.6 Å². The van der Waals surface area contributed by atoms with E-state index in [9.17, 15) is 0 Å². The van der Waals surface area contributed by atoms with E-state index >= 15 is 0 Å². The molecule has 0 radical (unpaired) electrons. The first-order valence-electron chi connectivity index (χ1n) is 4.73. The standard InChI is InChI=1S/C9H13Br2P/c10-8-7-1-6-2-9(8,11)5-12(3-6)4-7/h6-8H,1-5H2. The maximum atomic E-state index is 3.99. The van der Waals surface area contributed by atoms with Gasteiger partial charge in [0.05, 0.1) is 0 Å². The van der Waals surface area contributed by atoms with Gasteiger partial charge in [0.1, 0.15) is 0 Å². The van der Waals surface area contributed by atoms with Gasteiger partial charge in [-0.05, 0) is 43.2 Å². The molecule has 3 heterocycles. The second kappa shape index (κ2) is 2.70. The molecule has 0 spiro atoms. The molecule has 4 bridgehead atoms. The van der Waals surface area contributed by atoms with E-state index in [-0.39, 0.29) is 0 Å². The summed E-state index contributed by atoms with van der Waals surface area (Å²) in [4.78, 5) is 0.778. The van der Waals surface area contributed by atoms with Crippen LogP contribution in [0.1, 0.15) is 12.8 Å². The Bertz CT molecular complexity index is 205. The van der Waals surface area contributed by atoms with Gasteiger partial charge in [0.25, 0.3) is 0 Å². The Morgan fingerprint density at radius 2 is 2.17 bits per heavy atom. The van der Waals surface area contributed by atoms with E-state index in [1.807, 2.05) is 0 Å². The van der Waals surface area contributed by atoms with Gasteiger partial charge in [0.2, 0.25) is 0 Å². The molecule has 5 atom stereocenters. The Kier molecular flexibility index (Phi) is 1.95. The van der Waals surface area contributed by atoms with E-state index < -0.39 is 0 Å². The second-order valence-electron chi connectivity index (χ2n) is 4.70. The molecule has 3 aliphatic heterocycles. The molecule has 12 heavy (non-hydrogen) atoms. The van der Waals surface area contributed by atoms with Crippen molar-refractivity contribution in [3.8, 4) is 0 Å². The number of halogens is 2. The lowest BCUT2D eigenvalue weighted by Gasteiger charge is -2.57. The van der Waals surface area contributed by atoms with Crippen LogP contribution in [0.4, 0.5) is 0 Å². The number of alkyl halides is 2. The molecule has 4 fully saturated rings. The van der Waals surface area contributed by atoms with Crippen molar-refractivity contribution < 1.29 is 0 Å². The van der Waals surface area contributed by atoms with Gasteiger partial charge in [-0.3, -0.25) is 0 Å². The van der Waals surface area contributed by atoms with Crippen molar-refractivity contribution >= 4 is 39.8 Å². The highest BCUT2D eigenvalue weighted by atomic mass is 79.9. The Labute approximate surface area is 91.9 Å². The molecule has 0 N–H and O–H groups in total. The van der Waals surface area contributed by atoms with Gasteiger partial charge in [-0.25, -0.2) is 0 Å². The van der Waals surface area contributed by atoms with Crippen molar-refractivity contribution in [2.75, 3.05) is 18.5 Å². The molecule has 0 nitrogen and oxygen atoms in total. The van der Waals surface area contributed by atoms with E-state index in [4.69, 9.17) is 0 Å². The smallest absolute Gasteiger partial charge is 0.0427 e. The van der Waals surface area contributed by atoms with E-state index in [2.05, 4.69) is 31.9 Å². The van der Waals surface area contributed by atoms with Crippen LogP contribution in [-0.2, 0) is 0 Å². The molecule has 68 valence electrons. The van der Waals surface area contributed by atoms with Gasteiger partial charge in [-0.15, -0.1) is 7.92 Å². The fourth-order valence-corrected chi connectivity index (χ4v) is 10.1. The Morgan fingerprint density at radius 3 is 2.83 bits per heavy atom. The molecule has 0 aromatic heterocycles. The van der Waals surface area contributed by atoms with Gasteiger partial charge >= 0.3 is 0 Å². The van der Waals surface area contributed by atoms with Crippen molar-refractivity contribution in [1.29, 1.82) is 0 Å². The molecular formula is C9H13Br2P. The summed E-state index contributed by atoms with van der Waals surface area (Å²) in [5, 5.41) is 0. The lowest BCUT2D eigenvalue weighted by Crippen LogP contribution is -2.55. The Balaban J connectivity index is 1.97. The average molecular weight is 312 g/mol. The third-order valence-corrected chi connectivity index (χ3v) is 10.5. The van der Waals surface area contributed by atoms with Gasteiger partial charge in [-0.2, -0.15) is 0 Å². The maximum Gasteiger partial charge on any atom is 0.0427 e. The third kappa shape index (κ3) is 1.10. The van der Waals surface area contributed by atoms with Crippen molar-refractivity contribution in [3.63, 3.8) is 0 Å². The summed E-state index contributed by atoms with van der Waals surface area (Å²) in [6.45, 7) is 0. The van der Waals surface area contributed by atoms with Crippen molar-refractivity contribution in [2.45, 2.75) is 22.0 Å². The lowest BCUT2D eigenvalue weighted by atomic mass is 9.76. The van der Waals surface area contributed by atoms with E-state index in [0.717, 1.165) is 16.7 Å². The SMILES string of the molecule is BrC1C2CC3CP(C2)CC1(Br)C3. The molecule has 0 amide bonds. The quantitative estimate of drug-likeness (QED) is 0.475. The molecule has 1 aliphatic carbocycles. The van der Waals surface area contributed by atoms with Crippen LogP contribution in [0.15, 0.2) is 0 Å². The summed E-state index contributed by atoms with van der Waals surface area (Å²) in [5.41, 5.74) is 0. The van der Waals surface area contributed by atoms with Crippen LogP contribution >= 0.6 is 39.8 Å². The zero-order valence-corrected chi connectivity index (χ0v) is 11.0. The number of hydrogen-bond donors (Lipinski definition) is 0. The third-order valence-electron chi connectivity index (χ3n) is 3.67.